The molecule has 0 unspecified atom stereocenters. The van der Waals surface area contributed by atoms with Crippen LogP contribution in [0.5, 0.6) is 0 Å². The summed E-state index contributed by atoms with van der Waals surface area (Å²) >= 11 is 3.28. The average molecular weight is 454 g/mol. The Morgan fingerprint density at radius 2 is 1.63 bits per heavy atom. The minimum Gasteiger partial charge on any atom is -0.454 e. The maximum absolute atomic E-state index is 12.4. The summed E-state index contributed by atoms with van der Waals surface area (Å²) in [5.74, 6) is -1.02. The number of carbonyl (C=O) groups is 2. The van der Waals surface area contributed by atoms with Crippen molar-refractivity contribution >= 4 is 37.7 Å². The summed E-state index contributed by atoms with van der Waals surface area (Å²) in [6.07, 6.45) is 0. The zero-order valence-corrected chi connectivity index (χ0v) is 17.4. The number of sulfonamides is 1. The summed E-state index contributed by atoms with van der Waals surface area (Å²) in [5, 5.41) is 0. The molecule has 6 nitrogen and oxygen atoms in total. The van der Waals surface area contributed by atoms with Gasteiger partial charge in [0.25, 0.3) is 0 Å². The third-order valence-corrected chi connectivity index (χ3v) is 6.47. The van der Waals surface area contributed by atoms with Crippen LogP contribution in [0.15, 0.2) is 57.9 Å². The number of hydrogen-bond donors (Lipinski definition) is 0. The molecule has 0 amide bonds. The third kappa shape index (κ3) is 5.24. The number of nitrogens with zero attached hydrogens (tertiary/aromatic N) is 1. The van der Waals surface area contributed by atoms with Crippen molar-refractivity contribution in [2.75, 3.05) is 19.7 Å². The van der Waals surface area contributed by atoms with E-state index in [1.54, 1.807) is 38.1 Å². The van der Waals surface area contributed by atoms with Gasteiger partial charge in [0.05, 0.1) is 10.5 Å². The van der Waals surface area contributed by atoms with E-state index in [4.69, 9.17) is 4.74 Å². The van der Waals surface area contributed by atoms with Gasteiger partial charge in [-0.05, 0) is 36.4 Å². The minimum atomic E-state index is -3.59. The van der Waals surface area contributed by atoms with Gasteiger partial charge in [0.1, 0.15) is 0 Å². The van der Waals surface area contributed by atoms with E-state index in [9.17, 15) is 18.0 Å². The molecule has 8 heteroatoms. The highest BCUT2D eigenvalue weighted by Crippen LogP contribution is 2.17. The Bertz CT molecular complexity index is 921. The number of esters is 1. The number of ether oxygens (including phenoxy) is 1. The molecule has 0 fully saturated rings. The second-order valence-corrected chi connectivity index (χ2v) is 8.48. The molecule has 0 aliphatic heterocycles. The fraction of sp³-hybridized carbons (Fsp3) is 0.263. The Morgan fingerprint density at radius 1 is 1.00 bits per heavy atom. The Morgan fingerprint density at radius 3 is 2.19 bits per heavy atom. The SMILES string of the molecule is CCN(CC)S(=O)(=O)c1ccc(C(=O)OCC(=O)c2cccc(Br)c2)cc1. The molecule has 27 heavy (non-hydrogen) atoms. The predicted molar refractivity (Wildman–Crippen MR) is 105 cm³/mol. The highest BCUT2D eigenvalue weighted by atomic mass is 79.9. The summed E-state index contributed by atoms with van der Waals surface area (Å²) in [5.41, 5.74) is 0.605. The van der Waals surface area contributed by atoms with E-state index in [1.807, 2.05) is 0 Å². The van der Waals surface area contributed by atoms with Gasteiger partial charge in [0.15, 0.2) is 12.4 Å². The topological polar surface area (TPSA) is 80.8 Å². The lowest BCUT2D eigenvalue weighted by Crippen LogP contribution is -2.30. The zero-order chi connectivity index (χ0) is 20.0. The molecule has 0 atom stereocenters. The van der Waals surface area contributed by atoms with Crippen molar-refractivity contribution in [3.63, 3.8) is 0 Å². The number of halogens is 1. The third-order valence-electron chi connectivity index (χ3n) is 3.91. The zero-order valence-electron chi connectivity index (χ0n) is 15.0. The number of carbonyl (C=O) groups excluding carboxylic acids is 2. The van der Waals surface area contributed by atoms with Crippen molar-refractivity contribution < 1.29 is 22.7 Å². The molecular formula is C19H20BrNO5S. The number of benzene rings is 2. The van der Waals surface area contributed by atoms with Gasteiger partial charge in [0, 0.05) is 23.1 Å². The van der Waals surface area contributed by atoms with E-state index in [1.165, 1.54) is 28.6 Å². The van der Waals surface area contributed by atoms with Gasteiger partial charge in [0.2, 0.25) is 10.0 Å². The minimum absolute atomic E-state index is 0.105. The molecule has 0 saturated heterocycles. The van der Waals surface area contributed by atoms with Crippen LogP contribution in [0.4, 0.5) is 0 Å². The first kappa shape index (κ1) is 21.3. The van der Waals surface area contributed by atoms with Crippen LogP contribution in [0.3, 0.4) is 0 Å². The van der Waals surface area contributed by atoms with E-state index in [-0.39, 0.29) is 16.2 Å². The number of rotatable bonds is 8. The van der Waals surface area contributed by atoms with Gasteiger partial charge in [-0.2, -0.15) is 4.31 Å². The van der Waals surface area contributed by atoms with E-state index < -0.39 is 22.6 Å². The first-order valence-electron chi connectivity index (χ1n) is 8.35. The van der Waals surface area contributed by atoms with E-state index in [2.05, 4.69) is 15.9 Å². The molecule has 0 saturated carbocycles. The smallest absolute Gasteiger partial charge is 0.338 e. The molecule has 2 aromatic rings. The maximum Gasteiger partial charge on any atom is 0.338 e. The quantitative estimate of drug-likeness (QED) is 0.451. The Kier molecular flexibility index (Phi) is 7.29. The lowest BCUT2D eigenvalue weighted by atomic mass is 10.1. The number of Topliss-reactive ketones (excluding diaryl/α,β-unsaturated/α-hetero) is 1. The summed E-state index contributed by atoms with van der Waals surface area (Å²) in [4.78, 5) is 24.3. The summed E-state index contributed by atoms with van der Waals surface area (Å²) in [7, 11) is -3.59. The van der Waals surface area contributed by atoms with Crippen LogP contribution in [0.25, 0.3) is 0 Å². The average Bonchev–Trinajstić information content (AvgIpc) is 2.66. The molecule has 0 aliphatic carbocycles. The van der Waals surface area contributed by atoms with Crippen LogP contribution in [0, 0.1) is 0 Å². The monoisotopic (exact) mass is 453 g/mol. The van der Waals surface area contributed by atoms with Gasteiger partial charge in [-0.1, -0.05) is 41.9 Å². The second kappa shape index (κ2) is 9.25. The molecule has 0 spiro atoms. The first-order chi connectivity index (χ1) is 12.8. The predicted octanol–water partition coefficient (Wildman–Crippen LogP) is 3.52. The molecule has 0 aliphatic rings. The lowest BCUT2D eigenvalue weighted by Gasteiger charge is -2.18. The van der Waals surface area contributed by atoms with E-state index in [0.29, 0.717) is 18.7 Å². The van der Waals surface area contributed by atoms with Crippen molar-refractivity contribution in [3.8, 4) is 0 Å². The van der Waals surface area contributed by atoms with Crippen molar-refractivity contribution in [2.45, 2.75) is 18.7 Å². The van der Waals surface area contributed by atoms with Gasteiger partial charge >= 0.3 is 5.97 Å². The molecular weight excluding hydrogens is 434 g/mol. The molecule has 0 heterocycles. The molecule has 2 rings (SSSR count). The largest absolute Gasteiger partial charge is 0.454 e. The Labute approximate surface area is 167 Å². The van der Waals surface area contributed by atoms with Crippen molar-refractivity contribution in [1.82, 2.24) is 4.31 Å². The molecule has 0 bridgehead atoms. The van der Waals surface area contributed by atoms with Gasteiger partial charge in [-0.25, -0.2) is 13.2 Å². The molecule has 0 aromatic heterocycles. The first-order valence-corrected chi connectivity index (χ1v) is 10.6. The summed E-state index contributed by atoms with van der Waals surface area (Å²) in [6.45, 7) is 3.85. The standard InChI is InChI=1S/C19H20BrNO5S/c1-3-21(4-2)27(24,25)17-10-8-14(9-11-17)19(23)26-13-18(22)15-6-5-7-16(20)12-15/h5-12H,3-4,13H2,1-2H3. The van der Waals surface area contributed by atoms with Crippen molar-refractivity contribution in [1.29, 1.82) is 0 Å². The normalized spacial score (nSPS) is 11.4. The van der Waals surface area contributed by atoms with Crippen LogP contribution in [0.2, 0.25) is 0 Å². The van der Waals surface area contributed by atoms with Gasteiger partial charge in [-0.3, -0.25) is 4.79 Å². The Balaban J connectivity index is 2.04. The fourth-order valence-corrected chi connectivity index (χ4v) is 4.29. The van der Waals surface area contributed by atoms with Crippen LogP contribution in [-0.4, -0.2) is 44.2 Å². The lowest BCUT2D eigenvalue weighted by molar-refractivity contribution is 0.0474. The van der Waals surface area contributed by atoms with Gasteiger partial charge < -0.3 is 4.74 Å². The van der Waals surface area contributed by atoms with E-state index in [0.717, 1.165) is 4.47 Å². The van der Waals surface area contributed by atoms with Crippen LogP contribution < -0.4 is 0 Å². The number of ketones is 1. The molecule has 0 N–H and O–H groups in total. The van der Waals surface area contributed by atoms with Crippen LogP contribution in [0.1, 0.15) is 34.6 Å². The molecule has 144 valence electrons. The second-order valence-electron chi connectivity index (χ2n) is 5.62. The van der Waals surface area contributed by atoms with Gasteiger partial charge in [-0.15, -0.1) is 0 Å². The van der Waals surface area contributed by atoms with Crippen LogP contribution >= 0.6 is 15.9 Å². The summed E-state index contributed by atoms with van der Waals surface area (Å²) in [6, 6.07) is 12.3. The maximum atomic E-state index is 12.4. The highest BCUT2D eigenvalue weighted by molar-refractivity contribution is 9.10. The molecule has 2 aromatic carbocycles. The fourth-order valence-electron chi connectivity index (χ4n) is 2.44. The Hall–Kier alpha value is -2.03. The molecule has 0 radical (unpaired) electrons. The van der Waals surface area contributed by atoms with Crippen LogP contribution in [-0.2, 0) is 14.8 Å². The van der Waals surface area contributed by atoms with Crippen molar-refractivity contribution in [2.24, 2.45) is 0 Å². The van der Waals surface area contributed by atoms with E-state index >= 15 is 0 Å². The number of hydrogen-bond acceptors (Lipinski definition) is 5. The highest BCUT2D eigenvalue weighted by Gasteiger charge is 2.22. The van der Waals surface area contributed by atoms with Crippen molar-refractivity contribution in [3.05, 3.63) is 64.1 Å². The summed E-state index contributed by atoms with van der Waals surface area (Å²) < 4.78 is 32.0.